The van der Waals surface area contributed by atoms with Crippen LogP contribution in [0.1, 0.15) is 0 Å². The van der Waals surface area contributed by atoms with Crippen LogP contribution < -0.4 is 4.90 Å². The second kappa shape index (κ2) is 5.07. The Bertz CT molecular complexity index is 782. The van der Waals surface area contributed by atoms with Crippen LogP contribution in [0.2, 0.25) is 5.02 Å². The SMILES string of the molecule is CN(C)c1ccc2[nH]c(-c3cccc(Br)c3Cl)nc2n1. The minimum absolute atomic E-state index is 0.638. The van der Waals surface area contributed by atoms with Gasteiger partial charge in [-0.25, -0.2) is 9.97 Å². The van der Waals surface area contributed by atoms with Gasteiger partial charge in [-0.2, -0.15) is 0 Å². The van der Waals surface area contributed by atoms with Gasteiger partial charge in [0.05, 0.1) is 10.5 Å². The van der Waals surface area contributed by atoms with E-state index in [1.165, 1.54) is 0 Å². The first-order chi connectivity index (χ1) is 9.56. The van der Waals surface area contributed by atoms with Gasteiger partial charge in [-0.3, -0.25) is 0 Å². The van der Waals surface area contributed by atoms with E-state index in [4.69, 9.17) is 11.6 Å². The van der Waals surface area contributed by atoms with E-state index in [0.717, 1.165) is 27.2 Å². The molecule has 0 aliphatic heterocycles. The normalized spacial score (nSPS) is 11.0. The average molecular weight is 352 g/mol. The van der Waals surface area contributed by atoms with Crippen molar-refractivity contribution in [3.63, 3.8) is 0 Å². The molecule has 1 N–H and O–H groups in total. The van der Waals surface area contributed by atoms with Gasteiger partial charge in [0, 0.05) is 24.1 Å². The Balaban J connectivity index is 2.15. The number of fused-ring (bicyclic) bond motifs is 1. The Kier molecular flexibility index (Phi) is 3.40. The quantitative estimate of drug-likeness (QED) is 0.756. The number of halogens is 2. The topological polar surface area (TPSA) is 44.8 Å². The Labute approximate surface area is 129 Å². The summed E-state index contributed by atoms with van der Waals surface area (Å²) in [5, 5.41) is 0.638. The van der Waals surface area contributed by atoms with Gasteiger partial charge in [0.1, 0.15) is 11.6 Å². The van der Waals surface area contributed by atoms with Crippen molar-refractivity contribution in [1.82, 2.24) is 15.0 Å². The highest BCUT2D eigenvalue weighted by Gasteiger charge is 2.12. The molecule has 0 amide bonds. The maximum absolute atomic E-state index is 6.30. The molecule has 0 saturated carbocycles. The highest BCUT2D eigenvalue weighted by atomic mass is 79.9. The van der Waals surface area contributed by atoms with Gasteiger partial charge in [-0.1, -0.05) is 17.7 Å². The lowest BCUT2D eigenvalue weighted by atomic mass is 10.2. The van der Waals surface area contributed by atoms with Gasteiger partial charge in [0.15, 0.2) is 5.65 Å². The summed E-state index contributed by atoms with van der Waals surface area (Å²) in [5.41, 5.74) is 2.43. The number of nitrogens with zero attached hydrogens (tertiary/aromatic N) is 3. The highest BCUT2D eigenvalue weighted by Crippen LogP contribution is 2.33. The molecular formula is C14H12BrClN4. The fourth-order valence-corrected chi connectivity index (χ4v) is 2.53. The van der Waals surface area contributed by atoms with E-state index in [1.54, 1.807) is 0 Å². The highest BCUT2D eigenvalue weighted by molar-refractivity contribution is 9.10. The maximum Gasteiger partial charge on any atom is 0.180 e. The molecule has 0 atom stereocenters. The van der Waals surface area contributed by atoms with Gasteiger partial charge in [-0.15, -0.1) is 0 Å². The van der Waals surface area contributed by atoms with Crippen LogP contribution in [-0.4, -0.2) is 29.0 Å². The van der Waals surface area contributed by atoms with E-state index >= 15 is 0 Å². The lowest BCUT2D eigenvalue weighted by Gasteiger charge is -2.09. The van der Waals surface area contributed by atoms with Crippen molar-refractivity contribution in [3.8, 4) is 11.4 Å². The summed E-state index contributed by atoms with van der Waals surface area (Å²) in [6, 6.07) is 9.68. The summed E-state index contributed by atoms with van der Waals surface area (Å²) in [6.45, 7) is 0. The monoisotopic (exact) mass is 350 g/mol. The molecule has 2 aromatic heterocycles. The average Bonchev–Trinajstić information content (AvgIpc) is 2.84. The molecule has 3 aromatic rings. The lowest BCUT2D eigenvalue weighted by Crippen LogP contribution is -2.10. The van der Waals surface area contributed by atoms with Crippen molar-refractivity contribution in [2.75, 3.05) is 19.0 Å². The number of pyridine rings is 1. The van der Waals surface area contributed by atoms with E-state index in [-0.39, 0.29) is 0 Å². The van der Waals surface area contributed by atoms with Gasteiger partial charge in [-0.05, 0) is 40.2 Å². The molecule has 4 nitrogen and oxygen atoms in total. The molecule has 1 aromatic carbocycles. The number of hydrogen-bond donors (Lipinski definition) is 1. The summed E-state index contributed by atoms with van der Waals surface area (Å²) in [4.78, 5) is 14.2. The fraction of sp³-hybridized carbons (Fsp3) is 0.143. The third-order valence-electron chi connectivity index (χ3n) is 3.00. The smallest absolute Gasteiger partial charge is 0.180 e. The molecule has 0 bridgehead atoms. The number of anilines is 1. The van der Waals surface area contributed by atoms with E-state index in [2.05, 4.69) is 30.9 Å². The predicted octanol–water partition coefficient (Wildman–Crippen LogP) is 4.11. The van der Waals surface area contributed by atoms with Crippen molar-refractivity contribution in [2.24, 2.45) is 0 Å². The minimum atomic E-state index is 0.638. The molecule has 0 fully saturated rings. The Morgan fingerprint density at radius 2 is 1.95 bits per heavy atom. The van der Waals surface area contributed by atoms with Crippen molar-refractivity contribution in [1.29, 1.82) is 0 Å². The number of hydrogen-bond acceptors (Lipinski definition) is 3. The third-order valence-corrected chi connectivity index (χ3v) is 4.29. The van der Waals surface area contributed by atoms with E-state index in [9.17, 15) is 0 Å². The van der Waals surface area contributed by atoms with Crippen molar-refractivity contribution >= 4 is 44.5 Å². The number of nitrogens with one attached hydrogen (secondary N) is 1. The molecule has 6 heteroatoms. The van der Waals surface area contributed by atoms with Crippen LogP contribution in [0.3, 0.4) is 0 Å². The predicted molar refractivity (Wildman–Crippen MR) is 86.4 cm³/mol. The number of benzene rings is 1. The Morgan fingerprint density at radius 3 is 2.70 bits per heavy atom. The molecule has 2 heterocycles. The standard InChI is InChI=1S/C14H12BrClN4/c1-20(2)11-7-6-10-14(18-11)19-13(17-10)8-4-3-5-9(15)12(8)16/h3-7H,1-2H3,(H,17,18,19). The molecule has 0 aliphatic rings. The summed E-state index contributed by atoms with van der Waals surface area (Å²) in [5.74, 6) is 1.59. The van der Waals surface area contributed by atoms with Crippen molar-refractivity contribution in [2.45, 2.75) is 0 Å². The van der Waals surface area contributed by atoms with Gasteiger partial charge < -0.3 is 9.88 Å². The number of H-pyrrole nitrogens is 1. The number of aromatic amines is 1. The molecule has 20 heavy (non-hydrogen) atoms. The zero-order chi connectivity index (χ0) is 14.3. The van der Waals surface area contributed by atoms with Crippen LogP contribution in [0.5, 0.6) is 0 Å². The first kappa shape index (κ1) is 13.4. The van der Waals surface area contributed by atoms with Crippen LogP contribution in [-0.2, 0) is 0 Å². The molecule has 0 saturated heterocycles. The van der Waals surface area contributed by atoms with Crippen LogP contribution in [0, 0.1) is 0 Å². The summed E-state index contributed by atoms with van der Waals surface area (Å²) >= 11 is 9.72. The molecule has 3 rings (SSSR count). The van der Waals surface area contributed by atoms with Crippen LogP contribution in [0.4, 0.5) is 5.82 Å². The fourth-order valence-electron chi connectivity index (χ4n) is 1.95. The molecule has 0 aliphatic carbocycles. The second-order valence-corrected chi connectivity index (χ2v) is 5.85. The van der Waals surface area contributed by atoms with Crippen LogP contribution in [0.15, 0.2) is 34.8 Å². The molecule has 0 unspecified atom stereocenters. The largest absolute Gasteiger partial charge is 0.363 e. The van der Waals surface area contributed by atoms with Crippen molar-refractivity contribution < 1.29 is 0 Å². The Morgan fingerprint density at radius 1 is 1.15 bits per heavy atom. The number of aromatic nitrogens is 3. The zero-order valence-electron chi connectivity index (χ0n) is 11.0. The summed E-state index contributed by atoms with van der Waals surface area (Å²) in [7, 11) is 3.90. The Hall–Kier alpha value is -1.59. The first-order valence-electron chi connectivity index (χ1n) is 6.05. The first-order valence-corrected chi connectivity index (χ1v) is 7.22. The van der Waals surface area contributed by atoms with Crippen molar-refractivity contribution in [3.05, 3.63) is 39.8 Å². The number of imidazole rings is 1. The van der Waals surface area contributed by atoms with E-state index in [0.29, 0.717) is 10.7 Å². The van der Waals surface area contributed by atoms with Gasteiger partial charge in [0.25, 0.3) is 0 Å². The molecule has 0 spiro atoms. The summed E-state index contributed by atoms with van der Waals surface area (Å²) in [6.07, 6.45) is 0. The van der Waals surface area contributed by atoms with Gasteiger partial charge >= 0.3 is 0 Å². The van der Waals surface area contributed by atoms with Crippen LogP contribution >= 0.6 is 27.5 Å². The molecule has 0 radical (unpaired) electrons. The van der Waals surface area contributed by atoms with Gasteiger partial charge in [0.2, 0.25) is 0 Å². The molecular weight excluding hydrogens is 340 g/mol. The zero-order valence-corrected chi connectivity index (χ0v) is 13.3. The lowest BCUT2D eigenvalue weighted by molar-refractivity contribution is 1.08. The molecule has 102 valence electrons. The maximum atomic E-state index is 6.30. The minimum Gasteiger partial charge on any atom is -0.363 e. The third kappa shape index (κ3) is 2.27. The van der Waals surface area contributed by atoms with E-state index in [1.807, 2.05) is 49.3 Å². The number of rotatable bonds is 2. The second-order valence-electron chi connectivity index (χ2n) is 4.62. The van der Waals surface area contributed by atoms with E-state index < -0.39 is 0 Å². The van der Waals surface area contributed by atoms with Crippen LogP contribution in [0.25, 0.3) is 22.6 Å². The summed E-state index contributed by atoms with van der Waals surface area (Å²) < 4.78 is 0.846.